The van der Waals surface area contributed by atoms with Crippen LogP contribution in [0.1, 0.15) is 24.4 Å². The van der Waals surface area contributed by atoms with Gasteiger partial charge in [0.1, 0.15) is 11.1 Å². The number of benzene rings is 2. The summed E-state index contributed by atoms with van der Waals surface area (Å²) >= 11 is 1.46. The van der Waals surface area contributed by atoms with Gasteiger partial charge in [0.2, 0.25) is 0 Å². The number of hydrogen-bond acceptors (Lipinski definition) is 5. The molecule has 0 atom stereocenters. The van der Waals surface area contributed by atoms with Crippen LogP contribution in [0.3, 0.4) is 0 Å². The number of rotatable bonds is 6. The van der Waals surface area contributed by atoms with Crippen molar-refractivity contribution in [2.45, 2.75) is 20.0 Å². The summed E-state index contributed by atoms with van der Waals surface area (Å²) in [6, 6.07) is 17.8. The van der Waals surface area contributed by atoms with Gasteiger partial charge in [-0.1, -0.05) is 36.4 Å². The molecule has 0 saturated heterocycles. The van der Waals surface area contributed by atoms with Gasteiger partial charge in [-0.05, 0) is 37.6 Å². The highest BCUT2D eigenvalue weighted by atomic mass is 32.1. The fraction of sp³-hybridized carbons (Fsp3) is 0.182. The van der Waals surface area contributed by atoms with Crippen LogP contribution in [0, 0.1) is 11.3 Å². The third-order valence-corrected chi connectivity index (χ3v) is 4.66. The van der Waals surface area contributed by atoms with E-state index >= 15 is 0 Å². The number of nitriles is 1. The standard InChI is InChI=1S/C22H20N2O2S/c1-15(2)26-20-10-9-16(12-21(20)25-3)11-18(13-23)22-24-19(14-27-22)17-7-5-4-6-8-17/h4-12,14-15H,1-3H3/b18-11+. The first-order valence-corrected chi connectivity index (χ1v) is 9.46. The zero-order valence-corrected chi connectivity index (χ0v) is 16.3. The van der Waals surface area contributed by atoms with Crippen molar-refractivity contribution in [2.24, 2.45) is 0 Å². The molecule has 1 aromatic heterocycles. The normalized spacial score (nSPS) is 11.3. The Balaban J connectivity index is 1.91. The van der Waals surface area contributed by atoms with E-state index in [1.54, 1.807) is 7.11 Å². The van der Waals surface area contributed by atoms with Crippen molar-refractivity contribution in [1.82, 2.24) is 4.98 Å². The summed E-state index contributed by atoms with van der Waals surface area (Å²) in [6.07, 6.45) is 1.87. The van der Waals surface area contributed by atoms with Crippen LogP contribution in [0.15, 0.2) is 53.9 Å². The monoisotopic (exact) mass is 376 g/mol. The number of hydrogen-bond donors (Lipinski definition) is 0. The lowest BCUT2D eigenvalue weighted by Crippen LogP contribution is -2.06. The Morgan fingerprint density at radius 1 is 1.15 bits per heavy atom. The average Bonchev–Trinajstić information content (AvgIpc) is 3.17. The summed E-state index contributed by atoms with van der Waals surface area (Å²) in [4.78, 5) is 4.62. The lowest BCUT2D eigenvalue weighted by atomic mass is 10.1. The molecule has 136 valence electrons. The summed E-state index contributed by atoms with van der Waals surface area (Å²) in [5, 5.41) is 12.3. The van der Waals surface area contributed by atoms with Gasteiger partial charge in [-0.25, -0.2) is 4.98 Å². The van der Waals surface area contributed by atoms with Gasteiger partial charge in [-0.2, -0.15) is 5.26 Å². The van der Waals surface area contributed by atoms with Crippen molar-refractivity contribution in [3.63, 3.8) is 0 Å². The van der Waals surface area contributed by atoms with E-state index in [4.69, 9.17) is 9.47 Å². The van der Waals surface area contributed by atoms with E-state index in [0.29, 0.717) is 22.1 Å². The zero-order chi connectivity index (χ0) is 19.2. The second kappa shape index (κ2) is 8.52. The molecule has 0 fully saturated rings. The van der Waals surface area contributed by atoms with Gasteiger partial charge in [-0.3, -0.25) is 0 Å². The summed E-state index contributed by atoms with van der Waals surface area (Å²) in [5.74, 6) is 1.32. The molecule has 0 aliphatic carbocycles. The SMILES string of the molecule is COc1cc(/C=C(\C#N)c2nc(-c3ccccc3)cs2)ccc1OC(C)C. The van der Waals surface area contributed by atoms with E-state index in [0.717, 1.165) is 16.8 Å². The molecule has 0 spiro atoms. The molecular weight excluding hydrogens is 356 g/mol. The van der Waals surface area contributed by atoms with Gasteiger partial charge in [0, 0.05) is 10.9 Å². The summed E-state index contributed by atoms with van der Waals surface area (Å²) in [6.45, 7) is 3.93. The van der Waals surface area contributed by atoms with E-state index in [-0.39, 0.29) is 6.10 Å². The molecule has 0 aliphatic heterocycles. The van der Waals surface area contributed by atoms with Gasteiger partial charge in [-0.15, -0.1) is 11.3 Å². The maximum absolute atomic E-state index is 9.61. The molecular formula is C22H20N2O2S. The van der Waals surface area contributed by atoms with E-state index < -0.39 is 0 Å². The van der Waals surface area contributed by atoms with Crippen LogP contribution in [0.4, 0.5) is 0 Å². The number of methoxy groups -OCH3 is 1. The molecule has 2 aromatic carbocycles. The van der Waals surface area contributed by atoms with Gasteiger partial charge in [0.15, 0.2) is 11.5 Å². The molecule has 27 heavy (non-hydrogen) atoms. The van der Waals surface area contributed by atoms with Gasteiger partial charge < -0.3 is 9.47 Å². The van der Waals surface area contributed by atoms with E-state index in [2.05, 4.69) is 11.1 Å². The predicted molar refractivity (Wildman–Crippen MR) is 110 cm³/mol. The molecule has 4 nitrogen and oxygen atoms in total. The molecule has 3 aromatic rings. The number of nitrogens with zero attached hydrogens (tertiary/aromatic N) is 2. The summed E-state index contributed by atoms with van der Waals surface area (Å²) in [7, 11) is 1.61. The van der Waals surface area contributed by atoms with Crippen molar-refractivity contribution in [2.75, 3.05) is 7.11 Å². The van der Waals surface area contributed by atoms with Gasteiger partial charge in [0.05, 0.1) is 24.5 Å². The van der Waals surface area contributed by atoms with Crippen LogP contribution in [0.2, 0.25) is 0 Å². The van der Waals surface area contributed by atoms with Crippen LogP contribution >= 0.6 is 11.3 Å². The van der Waals surface area contributed by atoms with Crippen LogP contribution in [-0.2, 0) is 0 Å². The first kappa shape index (κ1) is 18.7. The van der Waals surface area contributed by atoms with E-state index in [9.17, 15) is 5.26 Å². The lowest BCUT2D eigenvalue weighted by molar-refractivity contribution is 0.230. The van der Waals surface area contributed by atoms with Crippen molar-refractivity contribution < 1.29 is 9.47 Å². The molecule has 0 bridgehead atoms. The van der Waals surface area contributed by atoms with Gasteiger partial charge >= 0.3 is 0 Å². The Labute approximate surface area is 163 Å². The maximum Gasteiger partial charge on any atom is 0.161 e. The molecule has 0 radical (unpaired) electrons. The fourth-order valence-corrected chi connectivity index (χ4v) is 3.37. The first-order valence-electron chi connectivity index (χ1n) is 8.58. The fourth-order valence-electron chi connectivity index (χ4n) is 2.57. The predicted octanol–water partition coefficient (Wildman–Crippen LogP) is 5.67. The molecule has 1 heterocycles. The third kappa shape index (κ3) is 4.55. The summed E-state index contributed by atoms with van der Waals surface area (Å²) < 4.78 is 11.2. The third-order valence-electron chi connectivity index (χ3n) is 3.79. The molecule has 0 N–H and O–H groups in total. The van der Waals surface area contributed by atoms with Crippen molar-refractivity contribution >= 4 is 23.0 Å². The first-order chi connectivity index (χ1) is 13.1. The Morgan fingerprint density at radius 3 is 2.59 bits per heavy atom. The summed E-state index contributed by atoms with van der Waals surface area (Å²) in [5.41, 5.74) is 3.28. The smallest absolute Gasteiger partial charge is 0.161 e. The Bertz CT molecular complexity index is 985. The second-order valence-electron chi connectivity index (χ2n) is 6.15. The van der Waals surface area contributed by atoms with Crippen molar-refractivity contribution in [3.8, 4) is 28.8 Å². The number of aromatic nitrogens is 1. The highest BCUT2D eigenvalue weighted by Crippen LogP contribution is 2.31. The van der Waals surface area contributed by atoms with E-state index in [1.165, 1.54) is 11.3 Å². The molecule has 0 unspecified atom stereocenters. The Kier molecular flexibility index (Phi) is 5.90. The molecule has 0 aliphatic rings. The minimum Gasteiger partial charge on any atom is -0.493 e. The van der Waals surface area contributed by atoms with Crippen LogP contribution < -0.4 is 9.47 Å². The van der Waals surface area contributed by atoms with Crippen molar-refractivity contribution in [3.05, 3.63) is 64.5 Å². The quantitative estimate of drug-likeness (QED) is 0.520. The minimum atomic E-state index is 0.0571. The minimum absolute atomic E-state index is 0.0571. The number of thiazole rings is 1. The van der Waals surface area contributed by atoms with Crippen LogP contribution in [-0.4, -0.2) is 18.2 Å². The molecule has 3 rings (SSSR count). The maximum atomic E-state index is 9.61. The molecule has 5 heteroatoms. The highest BCUT2D eigenvalue weighted by molar-refractivity contribution is 7.11. The Hall–Kier alpha value is -3.10. The average molecular weight is 376 g/mol. The second-order valence-corrected chi connectivity index (χ2v) is 7.01. The zero-order valence-electron chi connectivity index (χ0n) is 15.5. The van der Waals surface area contributed by atoms with Gasteiger partial charge in [0.25, 0.3) is 0 Å². The topological polar surface area (TPSA) is 55.1 Å². The molecule has 0 amide bonds. The van der Waals surface area contributed by atoms with Crippen molar-refractivity contribution in [1.29, 1.82) is 5.26 Å². The number of ether oxygens (including phenoxy) is 2. The Morgan fingerprint density at radius 2 is 1.93 bits per heavy atom. The lowest BCUT2D eigenvalue weighted by Gasteiger charge is -2.13. The van der Waals surface area contributed by atoms with E-state index in [1.807, 2.05) is 73.8 Å². The molecule has 0 saturated carbocycles. The van der Waals surface area contributed by atoms with Crippen LogP contribution in [0.25, 0.3) is 22.9 Å². The van der Waals surface area contributed by atoms with Crippen LogP contribution in [0.5, 0.6) is 11.5 Å². The number of allylic oxidation sites excluding steroid dienone is 1. The highest BCUT2D eigenvalue weighted by Gasteiger charge is 2.11. The largest absolute Gasteiger partial charge is 0.493 e.